The number of nitrogens with zero attached hydrogens (tertiary/aromatic N) is 6. The average Bonchev–Trinajstić information content (AvgIpc) is 3.66. The quantitative estimate of drug-likeness (QED) is 0.307. The fraction of sp³-hybridized carbons (Fsp3) is 0.600. The molecule has 14 heteroatoms. The fourth-order valence-electron chi connectivity index (χ4n) is 4.93. The molecule has 3 rings (SSSR count). The van der Waals surface area contributed by atoms with Crippen LogP contribution in [0, 0.1) is 0 Å². The van der Waals surface area contributed by atoms with Crippen molar-refractivity contribution in [2.24, 2.45) is 0 Å². The van der Waals surface area contributed by atoms with E-state index in [9.17, 15) is 22.8 Å². The van der Waals surface area contributed by atoms with Gasteiger partial charge in [-0.05, 0) is 38.2 Å². The van der Waals surface area contributed by atoms with Crippen molar-refractivity contribution in [3.63, 3.8) is 0 Å². The van der Waals surface area contributed by atoms with Gasteiger partial charge in [0, 0.05) is 51.9 Å². The number of carboxylic acid groups (broad SMARTS) is 1. The summed E-state index contributed by atoms with van der Waals surface area (Å²) in [7, 11) is 0. The van der Waals surface area contributed by atoms with E-state index in [2.05, 4.69) is 77.1 Å². The molecule has 2 aromatic rings. The van der Waals surface area contributed by atoms with Crippen LogP contribution in [0.5, 0.6) is 0 Å². The van der Waals surface area contributed by atoms with Gasteiger partial charge in [-0.1, -0.05) is 58.0 Å². The number of hydrogen-bond donors (Lipinski definition) is 2. The Labute approximate surface area is 257 Å². The summed E-state index contributed by atoms with van der Waals surface area (Å²) in [6, 6.07) is 12.4. The minimum Gasteiger partial charge on any atom is -0.475 e. The van der Waals surface area contributed by atoms with Gasteiger partial charge in [0.1, 0.15) is 5.82 Å². The van der Waals surface area contributed by atoms with Crippen LogP contribution in [0.3, 0.4) is 0 Å². The van der Waals surface area contributed by atoms with Gasteiger partial charge in [-0.3, -0.25) is 14.5 Å². The molecule has 44 heavy (non-hydrogen) atoms. The molecule has 1 unspecified atom stereocenters. The van der Waals surface area contributed by atoms with Crippen molar-refractivity contribution in [1.82, 2.24) is 29.4 Å². The van der Waals surface area contributed by atoms with Crippen LogP contribution < -0.4 is 5.32 Å². The van der Waals surface area contributed by atoms with Crippen LogP contribution in [0.1, 0.15) is 45.7 Å². The van der Waals surface area contributed by atoms with Gasteiger partial charge in [0.15, 0.2) is 0 Å². The summed E-state index contributed by atoms with van der Waals surface area (Å²) in [4.78, 5) is 43.9. The Bertz CT molecular complexity index is 1140. The summed E-state index contributed by atoms with van der Waals surface area (Å²) in [6.07, 6.45) is -2.44. The summed E-state index contributed by atoms with van der Waals surface area (Å²) in [6.45, 7) is 17.4. The third-order valence-corrected chi connectivity index (χ3v) is 7.64. The van der Waals surface area contributed by atoms with Crippen molar-refractivity contribution >= 4 is 23.6 Å². The van der Waals surface area contributed by atoms with Crippen molar-refractivity contribution in [2.75, 3.05) is 70.8 Å². The summed E-state index contributed by atoms with van der Waals surface area (Å²) < 4.78 is 33.6. The molecule has 1 atom stereocenters. The van der Waals surface area contributed by atoms with Crippen molar-refractivity contribution in [3.05, 3.63) is 48.2 Å². The number of nitrogens with one attached hydrogen (secondary N) is 1. The van der Waals surface area contributed by atoms with E-state index < -0.39 is 24.0 Å². The molecule has 1 aliphatic rings. The number of benzene rings is 1. The van der Waals surface area contributed by atoms with Gasteiger partial charge >= 0.3 is 24.0 Å². The smallest absolute Gasteiger partial charge is 0.475 e. The molecular weight excluding hydrogens is 579 g/mol. The van der Waals surface area contributed by atoms with E-state index in [0.717, 1.165) is 65.3 Å². The third kappa shape index (κ3) is 11.9. The van der Waals surface area contributed by atoms with Gasteiger partial charge in [-0.2, -0.15) is 18.3 Å². The molecule has 0 aliphatic carbocycles. The third-order valence-electron chi connectivity index (χ3n) is 7.64. The van der Waals surface area contributed by atoms with Gasteiger partial charge in [-0.25, -0.2) is 9.48 Å². The van der Waals surface area contributed by atoms with E-state index in [1.54, 1.807) is 17.2 Å². The summed E-state index contributed by atoms with van der Waals surface area (Å²) >= 11 is 0. The largest absolute Gasteiger partial charge is 0.490 e. The maximum absolute atomic E-state index is 13.3. The molecule has 246 valence electrons. The number of rotatable bonds is 14. The normalized spacial score (nSPS) is 15.2. The van der Waals surface area contributed by atoms with Crippen molar-refractivity contribution < 1.29 is 32.7 Å². The molecule has 0 radical (unpaired) electrons. The highest BCUT2D eigenvalue weighted by Crippen LogP contribution is 2.26. The van der Waals surface area contributed by atoms with Crippen LogP contribution in [-0.2, 0) is 20.9 Å². The summed E-state index contributed by atoms with van der Waals surface area (Å²) in [5, 5.41) is 14.5. The molecule has 1 aromatic carbocycles. The Morgan fingerprint density at radius 1 is 0.932 bits per heavy atom. The lowest BCUT2D eigenvalue weighted by atomic mass is 10.2. The molecule has 0 spiro atoms. The number of halogens is 3. The van der Waals surface area contributed by atoms with Gasteiger partial charge < -0.3 is 25.1 Å². The standard InChI is InChI=1S/C28H45N7O2.C2HF3O2/c1-5-31(6-2)18-20-34(21-19-32(7-3)8-4)28(37)27(36)30-26-14-16-29-35(26)25-15-17-33(23-25)22-24-12-10-9-11-13-24;3-2(4,5)1(6)7/h9-14,16,25H,5-8,15,17-23H2,1-4H3,(H,30,36);(H,6,7). The number of anilines is 1. The van der Waals surface area contributed by atoms with Gasteiger partial charge in [-0.15, -0.1) is 0 Å². The fourth-order valence-corrected chi connectivity index (χ4v) is 4.93. The van der Waals surface area contributed by atoms with E-state index in [-0.39, 0.29) is 6.04 Å². The first kappa shape index (κ1) is 36.7. The second-order valence-electron chi connectivity index (χ2n) is 10.4. The molecule has 1 saturated heterocycles. The van der Waals surface area contributed by atoms with Crippen LogP contribution in [0.2, 0.25) is 0 Å². The van der Waals surface area contributed by atoms with Crippen molar-refractivity contribution in [2.45, 2.75) is 52.9 Å². The highest BCUT2D eigenvalue weighted by Gasteiger charge is 2.38. The number of hydrogen-bond acceptors (Lipinski definition) is 7. The predicted molar refractivity (Wildman–Crippen MR) is 162 cm³/mol. The second kappa shape index (κ2) is 18.3. The first-order valence-electron chi connectivity index (χ1n) is 15.1. The molecule has 2 amide bonds. The zero-order valence-corrected chi connectivity index (χ0v) is 26.1. The predicted octanol–water partition coefficient (Wildman–Crippen LogP) is 3.41. The highest BCUT2D eigenvalue weighted by molar-refractivity contribution is 6.39. The van der Waals surface area contributed by atoms with Gasteiger partial charge in [0.05, 0.1) is 12.2 Å². The Morgan fingerprint density at radius 2 is 1.48 bits per heavy atom. The van der Waals surface area contributed by atoms with E-state index >= 15 is 0 Å². The first-order chi connectivity index (χ1) is 20.9. The van der Waals surface area contributed by atoms with E-state index in [1.165, 1.54) is 5.56 Å². The van der Waals surface area contributed by atoms with Crippen molar-refractivity contribution in [3.8, 4) is 0 Å². The maximum atomic E-state index is 13.3. The molecule has 2 heterocycles. The lowest BCUT2D eigenvalue weighted by molar-refractivity contribution is -0.192. The van der Waals surface area contributed by atoms with Crippen LogP contribution in [-0.4, -0.2) is 124 Å². The Morgan fingerprint density at radius 3 is 1.98 bits per heavy atom. The topological polar surface area (TPSA) is 114 Å². The number of amides is 2. The van der Waals surface area contributed by atoms with Crippen LogP contribution >= 0.6 is 0 Å². The first-order valence-corrected chi connectivity index (χ1v) is 15.1. The number of likely N-dealkylation sites (N-methyl/N-ethyl adjacent to an activating group) is 2. The molecule has 0 bridgehead atoms. The van der Waals surface area contributed by atoms with Gasteiger partial charge in [0.25, 0.3) is 0 Å². The van der Waals surface area contributed by atoms with Crippen molar-refractivity contribution in [1.29, 1.82) is 0 Å². The number of aliphatic carboxylic acids is 1. The number of alkyl halides is 3. The summed E-state index contributed by atoms with van der Waals surface area (Å²) in [5.41, 5.74) is 1.29. The molecule has 0 saturated carbocycles. The number of aromatic nitrogens is 2. The average molecular weight is 626 g/mol. The van der Waals surface area contributed by atoms with Crippen LogP contribution in [0.15, 0.2) is 42.6 Å². The Hall–Kier alpha value is -3.49. The zero-order valence-electron chi connectivity index (χ0n) is 26.1. The van der Waals surface area contributed by atoms with E-state index in [1.807, 2.05) is 10.7 Å². The molecule has 1 aromatic heterocycles. The van der Waals surface area contributed by atoms with E-state index in [4.69, 9.17) is 9.90 Å². The highest BCUT2D eigenvalue weighted by atomic mass is 19.4. The zero-order chi connectivity index (χ0) is 32.7. The number of carbonyl (C=O) groups excluding carboxylic acids is 2. The Kier molecular flexibility index (Phi) is 15.3. The monoisotopic (exact) mass is 625 g/mol. The maximum Gasteiger partial charge on any atom is 0.490 e. The Balaban J connectivity index is 0.000000860. The van der Waals surface area contributed by atoms with E-state index in [0.29, 0.717) is 18.9 Å². The summed E-state index contributed by atoms with van der Waals surface area (Å²) in [5.74, 6) is -3.26. The number of likely N-dealkylation sites (tertiary alicyclic amines) is 1. The second-order valence-corrected chi connectivity index (χ2v) is 10.4. The molecular formula is C30H46F3N7O4. The van der Waals surface area contributed by atoms with Crippen LogP contribution in [0.4, 0.5) is 19.0 Å². The minimum absolute atomic E-state index is 0.158. The molecule has 1 aliphatic heterocycles. The molecule has 2 N–H and O–H groups in total. The SMILES string of the molecule is CCN(CC)CCN(CCN(CC)CC)C(=O)C(=O)Nc1ccnn1C1CCN(Cc2ccccc2)C1.O=C(O)C(F)(F)F. The lowest BCUT2D eigenvalue weighted by Crippen LogP contribution is -2.47. The van der Waals surface area contributed by atoms with Crippen LogP contribution in [0.25, 0.3) is 0 Å². The molecule has 11 nitrogen and oxygen atoms in total. The molecule has 1 fully saturated rings. The number of carboxylic acids is 1. The van der Waals surface area contributed by atoms with Gasteiger partial charge in [0.2, 0.25) is 0 Å². The number of carbonyl (C=O) groups is 3. The lowest BCUT2D eigenvalue weighted by Gasteiger charge is -2.28. The minimum atomic E-state index is -5.08.